The highest BCUT2D eigenvalue weighted by Gasteiger charge is 2.25. The molecule has 1 aromatic rings. The van der Waals surface area contributed by atoms with Gasteiger partial charge in [-0.3, -0.25) is 4.79 Å². The molecule has 1 saturated heterocycles. The van der Waals surface area contributed by atoms with Crippen LogP contribution in [-0.2, 0) is 21.2 Å². The van der Waals surface area contributed by atoms with Crippen molar-refractivity contribution in [3.05, 3.63) is 40.3 Å². The monoisotopic (exact) mass is 428 g/mol. The average Bonchev–Trinajstić information content (AvgIpc) is 2.63. The van der Waals surface area contributed by atoms with Gasteiger partial charge >= 0.3 is 0 Å². The lowest BCUT2D eigenvalue weighted by Crippen LogP contribution is -2.46. The van der Waals surface area contributed by atoms with Crippen LogP contribution in [0.25, 0.3) is 0 Å². The summed E-state index contributed by atoms with van der Waals surface area (Å²) in [6.45, 7) is 8.45. The lowest BCUT2D eigenvalue weighted by molar-refractivity contribution is -0.132. The second kappa shape index (κ2) is 9.76. The maximum absolute atomic E-state index is 12.5. The number of nitrogens with one attached hydrogen (secondary N) is 1. The van der Waals surface area contributed by atoms with Crippen LogP contribution in [0.3, 0.4) is 0 Å². The Balaban J connectivity index is 1.85. The van der Waals surface area contributed by atoms with Crippen LogP contribution in [0.4, 0.5) is 0 Å². The van der Waals surface area contributed by atoms with Crippen LogP contribution in [0, 0.1) is 0 Å². The highest BCUT2D eigenvalue weighted by atomic mass is 35.5. The molecule has 0 aromatic heterocycles. The summed E-state index contributed by atoms with van der Waals surface area (Å²) in [6, 6.07) is 3.25. The van der Waals surface area contributed by atoms with Crippen LogP contribution in [0.2, 0.25) is 5.02 Å². The second-order valence-corrected chi connectivity index (χ2v) is 9.58. The number of carbonyl (C=O) groups excluding carboxylic acids is 1. The number of carbonyl (C=O) groups is 1. The normalized spacial score (nSPS) is 15.8. The first-order valence-electron chi connectivity index (χ1n) is 9.56. The summed E-state index contributed by atoms with van der Waals surface area (Å²) in [5, 5.41) is 11.6. The molecule has 0 saturated carbocycles. The number of nitrogens with zero attached hydrogens (tertiary/aromatic N) is 1. The first-order chi connectivity index (χ1) is 13.1. The van der Waals surface area contributed by atoms with Gasteiger partial charge in [-0.25, -0.2) is 13.1 Å². The van der Waals surface area contributed by atoms with Gasteiger partial charge in [0.25, 0.3) is 0 Å². The minimum Gasteiger partial charge on any atom is -0.508 e. The molecule has 0 spiro atoms. The summed E-state index contributed by atoms with van der Waals surface area (Å²) < 4.78 is 25.7. The summed E-state index contributed by atoms with van der Waals surface area (Å²) in [5.41, 5.74) is 1.86. The summed E-state index contributed by atoms with van der Waals surface area (Å²) >= 11 is 6.04. The number of phenolic OH excluding ortho intramolecular Hbond substituents is 1. The zero-order valence-corrected chi connectivity index (χ0v) is 18.0. The van der Waals surface area contributed by atoms with Crippen LogP contribution in [0.15, 0.2) is 24.1 Å². The first kappa shape index (κ1) is 22.7. The SMILES string of the molecule is C=CS(=O)(=O)NC1CCN(C(=O)CCCc2c(O)cc(Cl)cc2C(C)C)CC1. The van der Waals surface area contributed by atoms with Crippen molar-refractivity contribution < 1.29 is 18.3 Å². The minimum absolute atomic E-state index is 0.0598. The van der Waals surface area contributed by atoms with Crippen LogP contribution in [0.1, 0.15) is 56.6 Å². The zero-order chi connectivity index (χ0) is 20.9. The van der Waals surface area contributed by atoms with E-state index in [1.807, 2.05) is 19.9 Å². The number of sulfonamides is 1. The average molecular weight is 429 g/mol. The van der Waals surface area contributed by atoms with Gasteiger partial charge in [0, 0.05) is 36.0 Å². The molecule has 8 heteroatoms. The van der Waals surface area contributed by atoms with Gasteiger partial charge in [-0.15, -0.1) is 0 Å². The van der Waals surface area contributed by atoms with Crippen molar-refractivity contribution in [1.82, 2.24) is 9.62 Å². The van der Waals surface area contributed by atoms with Crippen LogP contribution in [0.5, 0.6) is 5.75 Å². The second-order valence-electron chi connectivity index (χ2n) is 7.49. The lowest BCUT2D eigenvalue weighted by atomic mass is 9.93. The van der Waals surface area contributed by atoms with Crippen LogP contribution < -0.4 is 4.72 Å². The van der Waals surface area contributed by atoms with Crippen molar-refractivity contribution in [2.45, 2.75) is 57.9 Å². The maximum atomic E-state index is 12.5. The van der Waals surface area contributed by atoms with E-state index >= 15 is 0 Å². The van der Waals surface area contributed by atoms with E-state index in [-0.39, 0.29) is 23.6 Å². The molecule has 1 aromatic carbocycles. The molecule has 0 bridgehead atoms. The smallest absolute Gasteiger partial charge is 0.233 e. The van der Waals surface area contributed by atoms with E-state index in [0.29, 0.717) is 50.2 Å². The Kier molecular flexibility index (Phi) is 7.92. The number of rotatable bonds is 8. The maximum Gasteiger partial charge on any atom is 0.233 e. The molecule has 2 N–H and O–H groups in total. The Morgan fingerprint density at radius 2 is 2.04 bits per heavy atom. The van der Waals surface area contributed by atoms with Gasteiger partial charge in [-0.2, -0.15) is 0 Å². The van der Waals surface area contributed by atoms with Gasteiger partial charge in [0.2, 0.25) is 15.9 Å². The van der Waals surface area contributed by atoms with E-state index in [9.17, 15) is 18.3 Å². The van der Waals surface area contributed by atoms with E-state index < -0.39 is 10.0 Å². The molecule has 0 radical (unpaired) electrons. The molecule has 156 valence electrons. The number of hydrogen-bond acceptors (Lipinski definition) is 4. The number of benzene rings is 1. The van der Waals surface area contributed by atoms with E-state index in [1.54, 1.807) is 11.0 Å². The number of likely N-dealkylation sites (tertiary alicyclic amines) is 1. The molecule has 2 rings (SSSR count). The van der Waals surface area contributed by atoms with Crippen molar-refractivity contribution in [3.63, 3.8) is 0 Å². The van der Waals surface area contributed by atoms with E-state index in [0.717, 1.165) is 16.5 Å². The fourth-order valence-corrected chi connectivity index (χ4v) is 4.55. The van der Waals surface area contributed by atoms with Crippen LogP contribution in [-0.4, -0.2) is 43.5 Å². The number of halogens is 1. The van der Waals surface area contributed by atoms with E-state index in [2.05, 4.69) is 11.3 Å². The van der Waals surface area contributed by atoms with Gasteiger partial charge in [-0.1, -0.05) is 32.0 Å². The Morgan fingerprint density at radius 3 is 2.61 bits per heavy atom. The summed E-state index contributed by atoms with van der Waals surface area (Å²) in [6.07, 6.45) is 2.82. The van der Waals surface area contributed by atoms with Crippen molar-refractivity contribution in [3.8, 4) is 5.75 Å². The van der Waals surface area contributed by atoms with Gasteiger partial charge in [0.15, 0.2) is 0 Å². The molecule has 28 heavy (non-hydrogen) atoms. The topological polar surface area (TPSA) is 86.7 Å². The van der Waals surface area contributed by atoms with Crippen molar-refractivity contribution in [2.75, 3.05) is 13.1 Å². The Morgan fingerprint density at radius 1 is 1.39 bits per heavy atom. The predicted octanol–water partition coefficient (Wildman–Crippen LogP) is 3.55. The third kappa shape index (κ3) is 6.22. The molecule has 6 nitrogen and oxygen atoms in total. The number of aromatic hydroxyl groups is 1. The molecular weight excluding hydrogens is 400 g/mol. The van der Waals surface area contributed by atoms with E-state index in [1.165, 1.54) is 0 Å². The van der Waals surface area contributed by atoms with Crippen LogP contribution >= 0.6 is 11.6 Å². The van der Waals surface area contributed by atoms with Crippen molar-refractivity contribution in [1.29, 1.82) is 0 Å². The number of hydrogen-bond donors (Lipinski definition) is 2. The molecular formula is C20H29ClN2O4S. The fourth-order valence-electron chi connectivity index (χ4n) is 3.53. The molecule has 1 fully saturated rings. The molecule has 0 atom stereocenters. The van der Waals surface area contributed by atoms with E-state index in [4.69, 9.17) is 11.6 Å². The zero-order valence-electron chi connectivity index (χ0n) is 16.4. The molecule has 1 amide bonds. The van der Waals surface area contributed by atoms with Crippen molar-refractivity contribution in [2.24, 2.45) is 0 Å². The predicted molar refractivity (Wildman–Crippen MR) is 112 cm³/mol. The standard InChI is InChI=1S/C20H29ClN2O4S/c1-4-28(26,27)22-16-8-10-23(11-9-16)20(25)7-5-6-17-18(14(2)3)12-15(21)13-19(17)24/h4,12-14,16,22,24H,1,5-11H2,2-3H3. The Labute approximate surface area is 172 Å². The van der Waals surface area contributed by atoms with Gasteiger partial charge in [0.05, 0.1) is 0 Å². The molecule has 0 aliphatic carbocycles. The largest absolute Gasteiger partial charge is 0.508 e. The minimum atomic E-state index is -3.44. The summed E-state index contributed by atoms with van der Waals surface area (Å²) in [7, 11) is -3.44. The van der Waals surface area contributed by atoms with Crippen molar-refractivity contribution >= 4 is 27.5 Å². The van der Waals surface area contributed by atoms with Gasteiger partial charge < -0.3 is 10.0 Å². The third-order valence-electron chi connectivity index (χ3n) is 5.06. The highest BCUT2D eigenvalue weighted by molar-refractivity contribution is 7.92. The number of phenols is 1. The number of piperidine rings is 1. The quantitative estimate of drug-likeness (QED) is 0.662. The Hall–Kier alpha value is -1.57. The third-order valence-corrected chi connectivity index (χ3v) is 6.38. The molecule has 1 aliphatic heterocycles. The molecule has 0 unspecified atom stereocenters. The Bertz CT molecular complexity index is 816. The number of amides is 1. The molecule has 1 heterocycles. The lowest BCUT2D eigenvalue weighted by Gasteiger charge is -2.32. The highest BCUT2D eigenvalue weighted by Crippen LogP contribution is 2.32. The first-order valence-corrected chi connectivity index (χ1v) is 11.5. The fraction of sp³-hybridized carbons (Fsp3) is 0.550. The summed E-state index contributed by atoms with van der Waals surface area (Å²) in [4.78, 5) is 14.3. The molecule has 1 aliphatic rings. The summed E-state index contributed by atoms with van der Waals surface area (Å²) in [5.74, 6) is 0.470. The van der Waals surface area contributed by atoms with Gasteiger partial charge in [-0.05, 0) is 54.9 Å². The van der Waals surface area contributed by atoms with Gasteiger partial charge in [0.1, 0.15) is 5.75 Å².